The zero-order valence-corrected chi connectivity index (χ0v) is 12.2. The molecular formula is C13H13ClN6O. The zero-order chi connectivity index (χ0) is 15.2. The largest absolute Gasteiger partial charge is 0.343 e. The SMILES string of the molecule is CN(CCC#N)C(=O)Cn1nnc(-c2cccc(Cl)c2)n1. The molecular weight excluding hydrogens is 292 g/mol. The molecule has 0 saturated heterocycles. The Morgan fingerprint density at radius 2 is 2.33 bits per heavy atom. The predicted octanol–water partition coefficient (Wildman–Crippen LogP) is 1.37. The molecule has 108 valence electrons. The minimum atomic E-state index is -0.180. The Hall–Kier alpha value is -2.46. The van der Waals surface area contributed by atoms with Crippen molar-refractivity contribution in [1.82, 2.24) is 25.1 Å². The van der Waals surface area contributed by atoms with E-state index >= 15 is 0 Å². The molecule has 0 unspecified atom stereocenters. The highest BCUT2D eigenvalue weighted by atomic mass is 35.5. The third-order valence-electron chi connectivity index (χ3n) is 2.80. The minimum Gasteiger partial charge on any atom is -0.343 e. The van der Waals surface area contributed by atoms with Crippen molar-refractivity contribution in [2.75, 3.05) is 13.6 Å². The van der Waals surface area contributed by atoms with Crippen molar-refractivity contribution in [3.05, 3.63) is 29.3 Å². The number of hydrogen-bond acceptors (Lipinski definition) is 5. The van der Waals surface area contributed by atoms with Gasteiger partial charge in [0.05, 0.1) is 12.5 Å². The van der Waals surface area contributed by atoms with Crippen LogP contribution >= 0.6 is 11.6 Å². The van der Waals surface area contributed by atoms with E-state index in [1.165, 1.54) is 9.70 Å². The quantitative estimate of drug-likeness (QED) is 0.832. The summed E-state index contributed by atoms with van der Waals surface area (Å²) in [7, 11) is 1.63. The van der Waals surface area contributed by atoms with E-state index < -0.39 is 0 Å². The number of nitrogens with zero attached hydrogens (tertiary/aromatic N) is 6. The molecule has 0 aliphatic rings. The Balaban J connectivity index is 2.04. The molecule has 0 aliphatic heterocycles. The molecule has 0 fully saturated rings. The van der Waals surface area contributed by atoms with Crippen LogP contribution < -0.4 is 0 Å². The predicted molar refractivity (Wildman–Crippen MR) is 76.1 cm³/mol. The van der Waals surface area contributed by atoms with Crippen molar-refractivity contribution in [2.45, 2.75) is 13.0 Å². The lowest BCUT2D eigenvalue weighted by molar-refractivity contribution is -0.130. The first-order valence-electron chi connectivity index (χ1n) is 6.25. The average Bonchev–Trinajstić information content (AvgIpc) is 2.93. The van der Waals surface area contributed by atoms with Gasteiger partial charge in [0.25, 0.3) is 0 Å². The van der Waals surface area contributed by atoms with Crippen molar-refractivity contribution in [2.24, 2.45) is 0 Å². The second-order valence-corrected chi connectivity index (χ2v) is 4.81. The van der Waals surface area contributed by atoms with Crippen LogP contribution in [0, 0.1) is 11.3 Å². The van der Waals surface area contributed by atoms with Gasteiger partial charge in [-0.15, -0.1) is 10.2 Å². The van der Waals surface area contributed by atoms with Gasteiger partial charge in [-0.2, -0.15) is 10.1 Å². The highest BCUT2D eigenvalue weighted by molar-refractivity contribution is 6.30. The summed E-state index contributed by atoms with van der Waals surface area (Å²) in [6, 6.07) is 9.07. The van der Waals surface area contributed by atoms with Crippen molar-refractivity contribution < 1.29 is 4.79 Å². The molecule has 0 N–H and O–H groups in total. The van der Waals surface area contributed by atoms with E-state index in [1.54, 1.807) is 25.2 Å². The molecule has 0 saturated carbocycles. The number of halogens is 1. The molecule has 1 amide bonds. The van der Waals surface area contributed by atoms with Gasteiger partial charge in [-0.25, -0.2) is 0 Å². The lowest BCUT2D eigenvalue weighted by Gasteiger charge is -2.14. The van der Waals surface area contributed by atoms with E-state index in [-0.39, 0.29) is 12.5 Å². The molecule has 0 aliphatic carbocycles. The Kier molecular flexibility index (Phi) is 4.85. The summed E-state index contributed by atoms with van der Waals surface area (Å²) in [5.41, 5.74) is 0.735. The van der Waals surface area contributed by atoms with Crippen LogP contribution in [-0.2, 0) is 11.3 Å². The normalized spacial score (nSPS) is 10.1. The fraction of sp³-hybridized carbons (Fsp3) is 0.308. The van der Waals surface area contributed by atoms with Crippen LogP contribution in [0.5, 0.6) is 0 Å². The second kappa shape index (κ2) is 6.81. The maximum Gasteiger partial charge on any atom is 0.246 e. The molecule has 0 atom stereocenters. The second-order valence-electron chi connectivity index (χ2n) is 4.38. The van der Waals surface area contributed by atoms with Crippen LogP contribution in [0.25, 0.3) is 11.4 Å². The van der Waals surface area contributed by atoms with E-state index in [2.05, 4.69) is 15.4 Å². The van der Waals surface area contributed by atoms with Crippen molar-refractivity contribution >= 4 is 17.5 Å². The third-order valence-corrected chi connectivity index (χ3v) is 3.03. The van der Waals surface area contributed by atoms with Gasteiger partial charge in [0.15, 0.2) is 0 Å². The van der Waals surface area contributed by atoms with Gasteiger partial charge in [-0.3, -0.25) is 4.79 Å². The molecule has 0 radical (unpaired) electrons. The fourth-order valence-electron chi connectivity index (χ4n) is 1.64. The highest BCUT2D eigenvalue weighted by Gasteiger charge is 2.12. The van der Waals surface area contributed by atoms with Crippen LogP contribution in [0.4, 0.5) is 0 Å². The molecule has 0 bridgehead atoms. The van der Waals surface area contributed by atoms with Crippen LogP contribution in [0.3, 0.4) is 0 Å². The van der Waals surface area contributed by atoms with Crippen molar-refractivity contribution in [3.8, 4) is 17.5 Å². The summed E-state index contributed by atoms with van der Waals surface area (Å²) in [5.74, 6) is 0.227. The number of likely N-dealkylation sites (N-methyl/N-ethyl adjacent to an activating group) is 1. The third kappa shape index (κ3) is 4.00. The monoisotopic (exact) mass is 304 g/mol. The summed E-state index contributed by atoms with van der Waals surface area (Å²) in [4.78, 5) is 14.6. The van der Waals surface area contributed by atoms with Crippen LogP contribution in [0.1, 0.15) is 6.42 Å². The number of amides is 1. The number of aromatic nitrogens is 4. The van der Waals surface area contributed by atoms with Gasteiger partial charge >= 0.3 is 0 Å². The molecule has 1 aromatic carbocycles. The number of carbonyl (C=O) groups is 1. The van der Waals surface area contributed by atoms with E-state index in [9.17, 15) is 4.79 Å². The summed E-state index contributed by atoms with van der Waals surface area (Å²) in [6.45, 7) is 0.362. The molecule has 2 aromatic rings. The van der Waals surface area contributed by atoms with Crippen LogP contribution in [-0.4, -0.2) is 44.6 Å². The molecule has 1 aromatic heterocycles. The summed E-state index contributed by atoms with van der Waals surface area (Å²) < 4.78 is 0. The number of hydrogen-bond donors (Lipinski definition) is 0. The van der Waals surface area contributed by atoms with Gasteiger partial charge < -0.3 is 4.90 Å². The first kappa shape index (κ1) is 14.9. The van der Waals surface area contributed by atoms with E-state index in [0.29, 0.717) is 23.8 Å². The number of carbonyl (C=O) groups excluding carboxylic acids is 1. The zero-order valence-electron chi connectivity index (χ0n) is 11.4. The highest BCUT2D eigenvalue weighted by Crippen LogP contribution is 2.18. The average molecular weight is 305 g/mol. The lowest BCUT2D eigenvalue weighted by atomic mass is 10.2. The molecule has 8 heteroatoms. The van der Waals surface area contributed by atoms with Gasteiger partial charge in [0, 0.05) is 24.2 Å². The van der Waals surface area contributed by atoms with Gasteiger partial charge in [0.2, 0.25) is 11.7 Å². The molecule has 1 heterocycles. The Labute approximate surface area is 126 Å². The first-order chi connectivity index (χ1) is 10.1. The first-order valence-corrected chi connectivity index (χ1v) is 6.62. The van der Waals surface area contributed by atoms with E-state index in [0.717, 1.165) is 5.56 Å². The topological polar surface area (TPSA) is 87.7 Å². The maximum atomic E-state index is 11.9. The Bertz CT molecular complexity index is 677. The lowest BCUT2D eigenvalue weighted by Crippen LogP contribution is -2.31. The standard InChI is InChI=1S/C13H13ClN6O/c1-19(7-3-6-15)12(21)9-20-17-13(16-18-20)10-4-2-5-11(14)8-10/h2,4-5,8H,3,7,9H2,1H3. The molecule has 0 spiro atoms. The van der Waals surface area contributed by atoms with Gasteiger partial charge in [0.1, 0.15) is 6.54 Å². The van der Waals surface area contributed by atoms with Crippen molar-refractivity contribution in [1.29, 1.82) is 5.26 Å². The fourth-order valence-corrected chi connectivity index (χ4v) is 1.83. The number of tetrazole rings is 1. The summed E-state index contributed by atoms with van der Waals surface area (Å²) >= 11 is 5.91. The van der Waals surface area contributed by atoms with Gasteiger partial charge in [-0.1, -0.05) is 23.7 Å². The molecule has 21 heavy (non-hydrogen) atoms. The number of rotatable bonds is 5. The van der Waals surface area contributed by atoms with Crippen LogP contribution in [0.15, 0.2) is 24.3 Å². The van der Waals surface area contributed by atoms with E-state index in [1.807, 2.05) is 12.1 Å². The minimum absolute atomic E-state index is 0.0184. The number of nitriles is 1. The molecule has 2 rings (SSSR count). The Morgan fingerprint density at radius 3 is 3.05 bits per heavy atom. The summed E-state index contributed by atoms with van der Waals surface area (Å²) in [6.07, 6.45) is 0.292. The number of benzene rings is 1. The molecule has 7 nitrogen and oxygen atoms in total. The van der Waals surface area contributed by atoms with Crippen LogP contribution in [0.2, 0.25) is 5.02 Å². The summed E-state index contributed by atoms with van der Waals surface area (Å²) in [5, 5.41) is 21.0. The Morgan fingerprint density at radius 1 is 1.52 bits per heavy atom. The smallest absolute Gasteiger partial charge is 0.246 e. The maximum absolute atomic E-state index is 11.9. The van der Waals surface area contributed by atoms with E-state index in [4.69, 9.17) is 16.9 Å². The van der Waals surface area contributed by atoms with Crippen molar-refractivity contribution in [3.63, 3.8) is 0 Å². The van der Waals surface area contributed by atoms with Gasteiger partial charge in [-0.05, 0) is 17.3 Å².